The summed E-state index contributed by atoms with van der Waals surface area (Å²) in [5.74, 6) is -1.63. The number of aliphatic carboxylic acids is 1. The van der Waals surface area contributed by atoms with Gasteiger partial charge in [0.05, 0.1) is 11.8 Å². The number of hydrogen-bond donors (Lipinski definition) is 2. The highest BCUT2D eigenvalue weighted by Crippen LogP contribution is 2.40. The van der Waals surface area contributed by atoms with Gasteiger partial charge in [-0.25, -0.2) is 0 Å². The number of carbonyl (C=O) groups excluding carboxylic acids is 1. The van der Waals surface area contributed by atoms with Crippen molar-refractivity contribution in [1.82, 2.24) is 5.32 Å². The van der Waals surface area contributed by atoms with Crippen molar-refractivity contribution >= 4 is 11.9 Å². The van der Waals surface area contributed by atoms with Gasteiger partial charge in [-0.1, -0.05) is 26.7 Å². The van der Waals surface area contributed by atoms with Crippen LogP contribution in [0.25, 0.3) is 0 Å². The zero-order chi connectivity index (χ0) is 12.6. The van der Waals surface area contributed by atoms with Gasteiger partial charge in [-0.05, 0) is 24.7 Å². The Labute approximate surface area is 102 Å². The smallest absolute Gasteiger partial charge is 0.307 e. The fourth-order valence-corrected chi connectivity index (χ4v) is 2.80. The van der Waals surface area contributed by atoms with E-state index in [0.717, 1.165) is 19.3 Å². The van der Waals surface area contributed by atoms with E-state index in [1.165, 1.54) is 6.42 Å². The number of carboxylic acids is 1. The first-order chi connectivity index (χ1) is 7.92. The van der Waals surface area contributed by atoms with Crippen molar-refractivity contribution in [2.24, 2.45) is 17.3 Å². The molecule has 96 valence electrons. The van der Waals surface area contributed by atoms with E-state index in [1.807, 2.05) is 0 Å². The first-order valence-corrected chi connectivity index (χ1v) is 6.45. The number of carbonyl (C=O) groups is 2. The fourth-order valence-electron chi connectivity index (χ4n) is 2.80. The number of nitrogens with one attached hydrogen (secondary N) is 1. The molecule has 2 rings (SSSR count). The zero-order valence-electron chi connectivity index (χ0n) is 10.5. The maximum atomic E-state index is 11.9. The molecule has 0 aromatic carbocycles. The molecule has 3 unspecified atom stereocenters. The molecule has 2 fully saturated rings. The van der Waals surface area contributed by atoms with Crippen LogP contribution in [0.4, 0.5) is 0 Å². The molecule has 4 nitrogen and oxygen atoms in total. The van der Waals surface area contributed by atoms with Crippen molar-refractivity contribution in [3.8, 4) is 0 Å². The van der Waals surface area contributed by atoms with E-state index in [4.69, 9.17) is 5.11 Å². The summed E-state index contributed by atoms with van der Waals surface area (Å²) in [4.78, 5) is 22.6. The Hall–Kier alpha value is -1.06. The second-order valence-corrected chi connectivity index (χ2v) is 6.08. The Morgan fingerprint density at radius 2 is 1.94 bits per heavy atom. The Morgan fingerprint density at radius 3 is 2.47 bits per heavy atom. The molecule has 2 aliphatic rings. The second-order valence-electron chi connectivity index (χ2n) is 6.08. The minimum Gasteiger partial charge on any atom is -0.481 e. The molecule has 3 atom stereocenters. The van der Waals surface area contributed by atoms with Crippen molar-refractivity contribution in [2.75, 3.05) is 0 Å². The van der Waals surface area contributed by atoms with Crippen molar-refractivity contribution < 1.29 is 14.7 Å². The van der Waals surface area contributed by atoms with Gasteiger partial charge in [-0.2, -0.15) is 0 Å². The quantitative estimate of drug-likeness (QED) is 0.789. The summed E-state index contributed by atoms with van der Waals surface area (Å²) in [6, 6.07) is 0.207. The summed E-state index contributed by atoms with van der Waals surface area (Å²) in [6.45, 7) is 4.36. The summed E-state index contributed by atoms with van der Waals surface area (Å²) < 4.78 is 0. The third-order valence-corrected chi connectivity index (χ3v) is 4.27. The minimum atomic E-state index is -0.840. The van der Waals surface area contributed by atoms with E-state index in [2.05, 4.69) is 19.2 Å². The number of hydrogen-bond acceptors (Lipinski definition) is 2. The summed E-state index contributed by atoms with van der Waals surface area (Å²) in [6.07, 6.45) is 5.03. The molecule has 0 aliphatic heterocycles. The predicted molar refractivity (Wildman–Crippen MR) is 63.4 cm³/mol. The molecule has 4 heteroatoms. The van der Waals surface area contributed by atoms with Crippen LogP contribution in [0.5, 0.6) is 0 Å². The molecule has 0 aromatic heterocycles. The summed E-state index contributed by atoms with van der Waals surface area (Å²) in [7, 11) is 0. The lowest BCUT2D eigenvalue weighted by atomic mass is 9.73. The molecule has 2 N–H and O–H groups in total. The van der Waals surface area contributed by atoms with Crippen LogP contribution in [-0.2, 0) is 9.59 Å². The largest absolute Gasteiger partial charge is 0.481 e. The van der Waals surface area contributed by atoms with Crippen LogP contribution in [0.2, 0.25) is 0 Å². The predicted octanol–water partition coefficient (Wildman–Crippen LogP) is 1.79. The maximum Gasteiger partial charge on any atom is 0.307 e. The molecule has 0 heterocycles. The van der Waals surface area contributed by atoms with Crippen molar-refractivity contribution in [3.05, 3.63) is 0 Å². The van der Waals surface area contributed by atoms with E-state index >= 15 is 0 Å². The van der Waals surface area contributed by atoms with Gasteiger partial charge in [-0.3, -0.25) is 9.59 Å². The fraction of sp³-hybridized carbons (Fsp3) is 0.846. The lowest BCUT2D eigenvalue weighted by Crippen LogP contribution is -2.47. The highest BCUT2D eigenvalue weighted by molar-refractivity contribution is 5.89. The average molecular weight is 239 g/mol. The normalized spacial score (nSPS) is 35.1. The molecular formula is C13H21NO3. The van der Waals surface area contributed by atoms with Crippen molar-refractivity contribution in [3.63, 3.8) is 0 Å². The van der Waals surface area contributed by atoms with Crippen LogP contribution < -0.4 is 5.32 Å². The standard InChI is InChI=1S/C13H21NO3/c1-13(2)6-4-3-5-10(13)14-11(15)8-7-9(8)12(16)17/h8-10H,3-7H2,1-2H3,(H,14,15)(H,16,17). The molecule has 0 saturated heterocycles. The van der Waals surface area contributed by atoms with Gasteiger partial charge < -0.3 is 10.4 Å². The molecule has 0 radical (unpaired) electrons. The third kappa shape index (κ3) is 2.61. The summed E-state index contributed by atoms with van der Waals surface area (Å²) >= 11 is 0. The van der Waals surface area contributed by atoms with E-state index < -0.39 is 11.9 Å². The summed E-state index contributed by atoms with van der Waals surface area (Å²) in [5.41, 5.74) is 0.140. The SMILES string of the molecule is CC1(C)CCCCC1NC(=O)C1CC1C(=O)O. The van der Waals surface area contributed by atoms with Gasteiger partial charge in [-0.15, -0.1) is 0 Å². The zero-order valence-corrected chi connectivity index (χ0v) is 10.5. The molecule has 0 aromatic rings. The van der Waals surface area contributed by atoms with Gasteiger partial charge in [0.2, 0.25) is 5.91 Å². The molecule has 2 aliphatic carbocycles. The van der Waals surface area contributed by atoms with Gasteiger partial charge in [0.1, 0.15) is 0 Å². The average Bonchev–Trinajstić information content (AvgIpc) is 3.00. The van der Waals surface area contributed by atoms with Gasteiger partial charge in [0.15, 0.2) is 0 Å². The van der Waals surface area contributed by atoms with E-state index in [-0.39, 0.29) is 23.3 Å². The molecule has 1 amide bonds. The highest BCUT2D eigenvalue weighted by atomic mass is 16.4. The first kappa shape index (κ1) is 12.4. The number of carboxylic acid groups (broad SMARTS) is 1. The van der Waals surface area contributed by atoms with Crippen LogP contribution in [0.3, 0.4) is 0 Å². The van der Waals surface area contributed by atoms with E-state index in [0.29, 0.717) is 6.42 Å². The van der Waals surface area contributed by atoms with Crippen LogP contribution in [0, 0.1) is 17.3 Å². The monoisotopic (exact) mass is 239 g/mol. The highest BCUT2D eigenvalue weighted by Gasteiger charge is 2.49. The molecular weight excluding hydrogens is 218 g/mol. The summed E-state index contributed by atoms with van der Waals surface area (Å²) in [5, 5.41) is 11.9. The van der Waals surface area contributed by atoms with Gasteiger partial charge in [0.25, 0.3) is 0 Å². The van der Waals surface area contributed by atoms with Gasteiger partial charge >= 0.3 is 5.97 Å². The van der Waals surface area contributed by atoms with Crippen LogP contribution in [-0.4, -0.2) is 23.0 Å². The second kappa shape index (κ2) is 4.31. The first-order valence-electron chi connectivity index (χ1n) is 6.45. The minimum absolute atomic E-state index is 0.0580. The maximum absolute atomic E-state index is 11.9. The third-order valence-electron chi connectivity index (χ3n) is 4.27. The van der Waals surface area contributed by atoms with Crippen molar-refractivity contribution in [2.45, 2.75) is 52.0 Å². The van der Waals surface area contributed by atoms with Crippen LogP contribution in [0.1, 0.15) is 46.0 Å². The van der Waals surface area contributed by atoms with Gasteiger partial charge in [0, 0.05) is 6.04 Å². The Balaban J connectivity index is 1.89. The topological polar surface area (TPSA) is 66.4 Å². The Bertz CT molecular complexity index is 338. The lowest BCUT2D eigenvalue weighted by Gasteiger charge is -2.39. The molecule has 2 saturated carbocycles. The molecule has 0 bridgehead atoms. The Kier molecular flexibility index (Phi) is 3.15. The van der Waals surface area contributed by atoms with Crippen molar-refractivity contribution in [1.29, 1.82) is 0 Å². The molecule has 17 heavy (non-hydrogen) atoms. The number of rotatable bonds is 3. The van der Waals surface area contributed by atoms with E-state index in [1.54, 1.807) is 0 Å². The van der Waals surface area contributed by atoms with Crippen LogP contribution >= 0.6 is 0 Å². The Morgan fingerprint density at radius 1 is 1.24 bits per heavy atom. The number of amides is 1. The van der Waals surface area contributed by atoms with E-state index in [9.17, 15) is 9.59 Å². The molecule has 0 spiro atoms. The van der Waals surface area contributed by atoms with Crippen LogP contribution in [0.15, 0.2) is 0 Å². The lowest BCUT2D eigenvalue weighted by molar-refractivity contribution is -0.140.